The molecule has 1 aromatic carbocycles. The summed E-state index contributed by atoms with van der Waals surface area (Å²) in [5.74, 6) is -0.191. The van der Waals surface area contributed by atoms with Crippen molar-refractivity contribution < 1.29 is 14.3 Å². The first-order chi connectivity index (χ1) is 9.02. The molecule has 1 atom stereocenters. The summed E-state index contributed by atoms with van der Waals surface area (Å²) < 4.78 is 5.17. The highest BCUT2D eigenvalue weighted by atomic mass is 16.5. The van der Waals surface area contributed by atoms with Crippen LogP contribution in [0.25, 0.3) is 0 Å². The zero-order valence-electron chi connectivity index (χ0n) is 10.9. The first-order valence-corrected chi connectivity index (χ1v) is 6.06. The fourth-order valence-corrected chi connectivity index (χ4v) is 1.41. The second kappa shape index (κ2) is 7.38. The predicted molar refractivity (Wildman–Crippen MR) is 71.2 cm³/mol. The van der Waals surface area contributed by atoms with Gasteiger partial charge in [0.05, 0.1) is 6.04 Å². The molecule has 0 saturated heterocycles. The third-order valence-electron chi connectivity index (χ3n) is 2.52. The van der Waals surface area contributed by atoms with Crippen molar-refractivity contribution in [2.75, 3.05) is 6.61 Å². The highest BCUT2D eigenvalue weighted by Crippen LogP contribution is 2.13. The number of rotatable bonds is 7. The van der Waals surface area contributed by atoms with Gasteiger partial charge in [-0.15, -0.1) is 0 Å². The number of carbonyl (C=O) groups excluding carboxylic acids is 2. The first-order valence-electron chi connectivity index (χ1n) is 6.06. The predicted octanol–water partition coefficient (Wildman–Crippen LogP) is -0.0958. The quantitative estimate of drug-likeness (QED) is 0.640. The van der Waals surface area contributed by atoms with Crippen LogP contribution in [0, 0.1) is 0 Å². The van der Waals surface area contributed by atoms with Crippen LogP contribution in [0.1, 0.15) is 18.9 Å². The maximum absolute atomic E-state index is 11.5. The van der Waals surface area contributed by atoms with E-state index in [9.17, 15) is 9.59 Å². The summed E-state index contributed by atoms with van der Waals surface area (Å²) in [6.45, 7) is 2.04. The van der Waals surface area contributed by atoms with Gasteiger partial charge in [0.25, 0.3) is 5.91 Å². The second-order valence-electron chi connectivity index (χ2n) is 4.13. The van der Waals surface area contributed by atoms with Gasteiger partial charge in [0, 0.05) is 6.54 Å². The lowest BCUT2D eigenvalue weighted by Crippen LogP contribution is -2.39. The average molecular weight is 265 g/mol. The summed E-state index contributed by atoms with van der Waals surface area (Å²) in [5, 5.41) is 2.73. The number of ether oxygens (including phenoxy) is 1. The number of hydrogen-bond donors (Lipinski definition) is 3. The van der Waals surface area contributed by atoms with Crippen LogP contribution in [0.4, 0.5) is 0 Å². The SMILES string of the molecule is CC[C@H](N)C(=O)NCc1cccc(OCC(N)=O)c1. The van der Waals surface area contributed by atoms with Crippen LogP contribution in [-0.2, 0) is 16.1 Å². The van der Waals surface area contributed by atoms with Crippen LogP contribution < -0.4 is 21.5 Å². The van der Waals surface area contributed by atoms with Gasteiger partial charge in [0.1, 0.15) is 5.75 Å². The van der Waals surface area contributed by atoms with Gasteiger partial charge in [0.2, 0.25) is 5.91 Å². The van der Waals surface area contributed by atoms with Crippen molar-refractivity contribution in [2.24, 2.45) is 11.5 Å². The van der Waals surface area contributed by atoms with Crippen LogP contribution in [0.3, 0.4) is 0 Å². The van der Waals surface area contributed by atoms with Crippen molar-refractivity contribution in [3.05, 3.63) is 29.8 Å². The molecule has 0 bridgehead atoms. The molecule has 1 rings (SSSR count). The maximum Gasteiger partial charge on any atom is 0.255 e. The molecule has 5 N–H and O–H groups in total. The van der Waals surface area contributed by atoms with E-state index in [4.69, 9.17) is 16.2 Å². The highest BCUT2D eigenvalue weighted by molar-refractivity contribution is 5.81. The van der Waals surface area contributed by atoms with E-state index in [1.54, 1.807) is 18.2 Å². The summed E-state index contributed by atoms with van der Waals surface area (Å²) >= 11 is 0. The van der Waals surface area contributed by atoms with Crippen molar-refractivity contribution in [3.63, 3.8) is 0 Å². The Morgan fingerprint density at radius 1 is 1.42 bits per heavy atom. The molecular formula is C13H19N3O3. The molecule has 0 heterocycles. The molecule has 0 aliphatic heterocycles. The Bertz CT molecular complexity index is 449. The molecule has 0 saturated carbocycles. The number of carbonyl (C=O) groups is 2. The summed E-state index contributed by atoms with van der Waals surface area (Å²) in [4.78, 5) is 22.1. The Morgan fingerprint density at radius 2 is 2.16 bits per heavy atom. The zero-order valence-corrected chi connectivity index (χ0v) is 10.9. The fourth-order valence-electron chi connectivity index (χ4n) is 1.41. The minimum absolute atomic E-state index is 0.170. The Balaban J connectivity index is 2.52. The summed E-state index contributed by atoms with van der Waals surface area (Å²) in [5.41, 5.74) is 11.5. The molecule has 6 heteroatoms. The van der Waals surface area contributed by atoms with Crippen molar-refractivity contribution in [2.45, 2.75) is 25.9 Å². The topological polar surface area (TPSA) is 107 Å². The van der Waals surface area contributed by atoms with Gasteiger partial charge in [-0.3, -0.25) is 9.59 Å². The minimum Gasteiger partial charge on any atom is -0.484 e. The molecule has 0 aliphatic rings. The second-order valence-corrected chi connectivity index (χ2v) is 4.13. The van der Waals surface area contributed by atoms with E-state index in [1.807, 2.05) is 13.0 Å². The van der Waals surface area contributed by atoms with E-state index < -0.39 is 11.9 Å². The van der Waals surface area contributed by atoms with Crippen LogP contribution in [0.5, 0.6) is 5.75 Å². The van der Waals surface area contributed by atoms with E-state index in [0.717, 1.165) is 5.56 Å². The smallest absolute Gasteiger partial charge is 0.255 e. The van der Waals surface area contributed by atoms with E-state index in [-0.39, 0.29) is 12.5 Å². The zero-order chi connectivity index (χ0) is 14.3. The fraction of sp³-hybridized carbons (Fsp3) is 0.385. The Kier molecular flexibility index (Phi) is 5.81. The van der Waals surface area contributed by atoms with E-state index in [0.29, 0.717) is 18.7 Å². The van der Waals surface area contributed by atoms with Crippen molar-refractivity contribution in [1.29, 1.82) is 0 Å². The van der Waals surface area contributed by atoms with E-state index in [1.165, 1.54) is 0 Å². The van der Waals surface area contributed by atoms with Crippen LogP contribution in [0.15, 0.2) is 24.3 Å². The van der Waals surface area contributed by atoms with Crippen molar-refractivity contribution >= 4 is 11.8 Å². The molecule has 2 amide bonds. The Hall–Kier alpha value is -2.08. The van der Waals surface area contributed by atoms with Crippen molar-refractivity contribution in [3.8, 4) is 5.75 Å². The Labute approximate surface area is 112 Å². The standard InChI is InChI=1S/C13H19N3O3/c1-2-11(14)13(18)16-7-9-4-3-5-10(6-9)19-8-12(15)17/h3-6,11H,2,7-8,14H2,1H3,(H2,15,17)(H,16,18)/t11-/m0/s1. The molecule has 19 heavy (non-hydrogen) atoms. The molecule has 0 aromatic heterocycles. The first kappa shape index (κ1) is 15.0. The van der Waals surface area contributed by atoms with E-state index in [2.05, 4.69) is 5.32 Å². The average Bonchev–Trinajstić information content (AvgIpc) is 2.42. The van der Waals surface area contributed by atoms with Gasteiger partial charge < -0.3 is 21.5 Å². The number of primary amides is 1. The molecule has 1 aromatic rings. The van der Waals surface area contributed by atoms with Crippen LogP contribution >= 0.6 is 0 Å². The summed E-state index contributed by atoms with van der Waals surface area (Å²) in [6, 6.07) is 6.58. The number of benzene rings is 1. The molecule has 6 nitrogen and oxygen atoms in total. The van der Waals surface area contributed by atoms with Crippen LogP contribution in [0.2, 0.25) is 0 Å². The highest BCUT2D eigenvalue weighted by Gasteiger charge is 2.10. The molecule has 0 unspecified atom stereocenters. The molecule has 0 spiro atoms. The summed E-state index contributed by atoms with van der Waals surface area (Å²) in [6.07, 6.45) is 0.591. The number of amides is 2. The Morgan fingerprint density at radius 3 is 2.79 bits per heavy atom. The largest absolute Gasteiger partial charge is 0.484 e. The molecule has 0 radical (unpaired) electrons. The van der Waals surface area contributed by atoms with Gasteiger partial charge >= 0.3 is 0 Å². The third-order valence-corrected chi connectivity index (χ3v) is 2.52. The van der Waals surface area contributed by atoms with Gasteiger partial charge in [-0.2, -0.15) is 0 Å². The maximum atomic E-state index is 11.5. The van der Waals surface area contributed by atoms with E-state index >= 15 is 0 Å². The number of hydrogen-bond acceptors (Lipinski definition) is 4. The molecule has 0 aliphatic carbocycles. The normalized spacial score (nSPS) is 11.7. The lowest BCUT2D eigenvalue weighted by molar-refractivity contribution is -0.122. The molecule has 0 fully saturated rings. The lowest BCUT2D eigenvalue weighted by Gasteiger charge is -2.11. The lowest BCUT2D eigenvalue weighted by atomic mass is 10.2. The van der Waals surface area contributed by atoms with Gasteiger partial charge in [-0.1, -0.05) is 19.1 Å². The summed E-state index contributed by atoms with van der Waals surface area (Å²) in [7, 11) is 0. The molecule has 104 valence electrons. The van der Waals surface area contributed by atoms with Gasteiger partial charge in [-0.25, -0.2) is 0 Å². The monoisotopic (exact) mass is 265 g/mol. The van der Waals surface area contributed by atoms with Gasteiger partial charge in [-0.05, 0) is 24.1 Å². The number of nitrogens with one attached hydrogen (secondary N) is 1. The third kappa shape index (κ3) is 5.39. The van der Waals surface area contributed by atoms with Crippen LogP contribution in [-0.4, -0.2) is 24.5 Å². The molecular weight excluding hydrogens is 246 g/mol. The van der Waals surface area contributed by atoms with Crippen molar-refractivity contribution in [1.82, 2.24) is 5.32 Å². The minimum atomic E-state index is -0.535. The number of nitrogens with two attached hydrogens (primary N) is 2. The van der Waals surface area contributed by atoms with Gasteiger partial charge in [0.15, 0.2) is 6.61 Å².